The van der Waals surface area contributed by atoms with Crippen molar-refractivity contribution in [2.45, 2.75) is 31.6 Å². The van der Waals surface area contributed by atoms with Gasteiger partial charge in [-0.3, -0.25) is 0 Å². The van der Waals surface area contributed by atoms with E-state index in [2.05, 4.69) is 220 Å². The first-order valence-electron chi connectivity index (χ1n) is 19.8. The Balaban J connectivity index is 1.21. The molecule has 11 rings (SSSR count). The van der Waals surface area contributed by atoms with Crippen molar-refractivity contribution in [1.29, 1.82) is 0 Å². The molecular weight excluding hydrogens is 675 g/mol. The van der Waals surface area contributed by atoms with Crippen molar-refractivity contribution in [2.75, 3.05) is 4.90 Å². The van der Waals surface area contributed by atoms with Crippen LogP contribution >= 0.6 is 0 Å². The van der Waals surface area contributed by atoms with Crippen LogP contribution in [0.1, 0.15) is 48.6 Å². The maximum absolute atomic E-state index is 2.50. The number of hydrogen-bond donors (Lipinski definition) is 0. The first kappa shape index (κ1) is 32.7. The molecule has 0 atom stereocenters. The molecule has 0 radical (unpaired) electrons. The molecule has 266 valence electrons. The third kappa shape index (κ3) is 4.61. The zero-order valence-corrected chi connectivity index (χ0v) is 31.9. The number of rotatable bonds is 4. The molecule has 1 heteroatoms. The maximum atomic E-state index is 2.50. The summed E-state index contributed by atoms with van der Waals surface area (Å²) < 4.78 is 0. The quantitative estimate of drug-likeness (QED) is 0.175. The van der Waals surface area contributed by atoms with Crippen LogP contribution < -0.4 is 4.90 Å². The molecule has 0 amide bonds. The Hall–Kier alpha value is -6.70. The van der Waals surface area contributed by atoms with E-state index in [1.807, 2.05) is 0 Å². The van der Waals surface area contributed by atoms with Crippen LogP contribution in [0.4, 0.5) is 17.1 Å². The average Bonchev–Trinajstić information content (AvgIpc) is 3.70. The Morgan fingerprint density at radius 3 is 1.50 bits per heavy atom. The fourth-order valence-electron chi connectivity index (χ4n) is 9.94. The lowest BCUT2D eigenvalue weighted by molar-refractivity contribution is 0.590. The van der Waals surface area contributed by atoms with Crippen molar-refractivity contribution in [3.8, 4) is 33.4 Å². The summed E-state index contributed by atoms with van der Waals surface area (Å²) >= 11 is 0. The molecule has 1 nitrogen and oxygen atoms in total. The fourth-order valence-corrected chi connectivity index (χ4v) is 9.94. The van der Waals surface area contributed by atoms with E-state index in [1.54, 1.807) is 0 Å². The summed E-state index contributed by atoms with van der Waals surface area (Å²) in [4.78, 5) is 2.50. The van der Waals surface area contributed by atoms with Crippen LogP contribution in [0.5, 0.6) is 0 Å². The first-order chi connectivity index (χ1) is 27.4. The zero-order valence-electron chi connectivity index (χ0n) is 31.9. The van der Waals surface area contributed by atoms with E-state index in [9.17, 15) is 0 Å². The van der Waals surface area contributed by atoms with Gasteiger partial charge in [-0.25, -0.2) is 0 Å². The Labute approximate surface area is 329 Å². The van der Waals surface area contributed by atoms with Crippen LogP contribution in [-0.4, -0.2) is 0 Å². The highest BCUT2D eigenvalue weighted by molar-refractivity contribution is 6.11. The first-order valence-corrected chi connectivity index (χ1v) is 19.8. The second kappa shape index (κ2) is 12.2. The molecule has 9 aromatic carbocycles. The van der Waals surface area contributed by atoms with E-state index in [4.69, 9.17) is 0 Å². The van der Waals surface area contributed by atoms with E-state index in [-0.39, 0.29) is 10.8 Å². The van der Waals surface area contributed by atoms with Gasteiger partial charge in [-0.1, -0.05) is 185 Å². The summed E-state index contributed by atoms with van der Waals surface area (Å²) in [5.74, 6) is 0. The molecule has 2 aliphatic carbocycles. The second-order valence-electron chi connectivity index (χ2n) is 16.5. The van der Waals surface area contributed by atoms with Crippen LogP contribution in [0.3, 0.4) is 0 Å². The maximum Gasteiger partial charge on any atom is 0.0725 e. The Bertz CT molecular complexity index is 2960. The Morgan fingerprint density at radius 1 is 0.375 bits per heavy atom. The van der Waals surface area contributed by atoms with Crippen LogP contribution in [-0.2, 0) is 10.8 Å². The van der Waals surface area contributed by atoms with Gasteiger partial charge in [0.25, 0.3) is 0 Å². The van der Waals surface area contributed by atoms with Gasteiger partial charge in [-0.05, 0) is 113 Å². The monoisotopic (exact) mass is 715 g/mol. The van der Waals surface area contributed by atoms with Crippen LogP contribution in [0.2, 0.25) is 0 Å². The van der Waals surface area contributed by atoms with Gasteiger partial charge in [0.2, 0.25) is 0 Å². The molecule has 0 saturated heterocycles. The highest BCUT2D eigenvalue weighted by Crippen LogP contribution is 2.63. The summed E-state index contributed by atoms with van der Waals surface area (Å²) in [7, 11) is 0. The summed E-state index contributed by atoms with van der Waals surface area (Å²) in [5.41, 5.74) is 17.5. The summed E-state index contributed by atoms with van der Waals surface area (Å²) in [6.45, 7) is 6.86. The highest BCUT2D eigenvalue weighted by Gasteiger charge is 2.51. The predicted octanol–water partition coefficient (Wildman–Crippen LogP) is 14.8. The van der Waals surface area contributed by atoms with Gasteiger partial charge in [-0.2, -0.15) is 0 Å². The van der Waals surface area contributed by atoms with Gasteiger partial charge in [-0.15, -0.1) is 0 Å². The molecule has 0 aliphatic heterocycles. The lowest BCUT2D eigenvalue weighted by atomic mass is 9.70. The van der Waals surface area contributed by atoms with Gasteiger partial charge >= 0.3 is 0 Å². The van der Waals surface area contributed by atoms with Gasteiger partial charge in [0.05, 0.1) is 11.1 Å². The van der Waals surface area contributed by atoms with Crippen LogP contribution in [0.15, 0.2) is 194 Å². The summed E-state index contributed by atoms with van der Waals surface area (Å²) in [6, 6.07) is 72.7. The number of nitrogens with zero attached hydrogens (tertiary/aromatic N) is 1. The third-order valence-electron chi connectivity index (χ3n) is 12.4. The summed E-state index contributed by atoms with van der Waals surface area (Å²) in [6.07, 6.45) is 0. The highest BCUT2D eigenvalue weighted by atomic mass is 15.1. The molecule has 0 unspecified atom stereocenters. The van der Waals surface area contributed by atoms with Gasteiger partial charge in [0, 0.05) is 16.9 Å². The van der Waals surface area contributed by atoms with Crippen molar-refractivity contribution in [3.05, 3.63) is 222 Å². The van der Waals surface area contributed by atoms with Gasteiger partial charge in [0.1, 0.15) is 0 Å². The molecule has 0 N–H and O–H groups in total. The van der Waals surface area contributed by atoms with Crippen molar-refractivity contribution >= 4 is 38.6 Å². The zero-order chi connectivity index (χ0) is 37.6. The Kier molecular flexibility index (Phi) is 7.10. The van der Waals surface area contributed by atoms with Crippen molar-refractivity contribution in [2.24, 2.45) is 0 Å². The molecule has 0 bridgehead atoms. The topological polar surface area (TPSA) is 3.24 Å². The number of benzene rings is 9. The van der Waals surface area contributed by atoms with Crippen molar-refractivity contribution in [3.63, 3.8) is 0 Å². The Morgan fingerprint density at radius 2 is 0.857 bits per heavy atom. The molecular formula is C55H41N. The molecule has 0 fully saturated rings. The lowest BCUT2D eigenvalue weighted by Crippen LogP contribution is -2.25. The van der Waals surface area contributed by atoms with Crippen LogP contribution in [0, 0.1) is 0 Å². The second-order valence-corrected chi connectivity index (χ2v) is 16.5. The molecule has 2 aliphatic rings. The van der Waals surface area contributed by atoms with E-state index in [1.165, 1.54) is 82.7 Å². The largest absolute Gasteiger partial charge is 0.310 e. The summed E-state index contributed by atoms with van der Waals surface area (Å²) in [5, 5.41) is 4.95. The fraction of sp³-hybridized carbons (Fsp3) is 0.0909. The standard InChI is InChI=1S/C55H41N/c1-54(2,3)38-28-30-39(31-29-38)56(52-34-27-37-16-5-7-19-42(37)53(52)46-23-14-17-36-15-4-6-18-41(36)46)40-32-33-51-47(35-40)45-22-10-13-26-50(45)55(51)48-24-11-8-20-43(48)44-21-9-12-25-49(44)55/h4-35H,1-3H3. The van der Waals surface area contributed by atoms with E-state index in [0.29, 0.717) is 0 Å². The van der Waals surface area contributed by atoms with E-state index < -0.39 is 0 Å². The van der Waals surface area contributed by atoms with Crippen LogP contribution in [0.25, 0.3) is 54.9 Å². The van der Waals surface area contributed by atoms with E-state index >= 15 is 0 Å². The number of anilines is 3. The number of hydrogen-bond acceptors (Lipinski definition) is 1. The molecule has 56 heavy (non-hydrogen) atoms. The molecule has 0 saturated carbocycles. The molecule has 0 aromatic heterocycles. The SMILES string of the molecule is CC(C)(C)c1ccc(N(c2ccc3c(c2)-c2ccccc2C32c3ccccc3-c3ccccc32)c2ccc3ccccc3c2-c2cccc3ccccc23)cc1. The van der Waals surface area contributed by atoms with Gasteiger partial charge < -0.3 is 4.90 Å². The average molecular weight is 716 g/mol. The lowest BCUT2D eigenvalue weighted by Gasteiger charge is -2.32. The smallest absolute Gasteiger partial charge is 0.0725 e. The number of fused-ring (bicyclic) bond motifs is 12. The predicted molar refractivity (Wildman–Crippen MR) is 237 cm³/mol. The van der Waals surface area contributed by atoms with Crippen molar-refractivity contribution in [1.82, 2.24) is 0 Å². The minimum atomic E-state index is -0.381. The molecule has 0 heterocycles. The normalized spacial score (nSPS) is 13.4. The minimum absolute atomic E-state index is 0.0416. The van der Waals surface area contributed by atoms with Crippen molar-refractivity contribution < 1.29 is 0 Å². The minimum Gasteiger partial charge on any atom is -0.310 e. The molecule has 9 aromatic rings. The third-order valence-corrected chi connectivity index (χ3v) is 12.4. The van der Waals surface area contributed by atoms with Gasteiger partial charge in [0.15, 0.2) is 0 Å². The molecule has 1 spiro atoms. The van der Waals surface area contributed by atoms with E-state index in [0.717, 1.165) is 17.1 Å².